The first kappa shape index (κ1) is 18.3. The molecular weight excluding hydrogens is 354 g/mol. The average molecular weight is 379 g/mol. The maximum atomic E-state index is 11.4. The number of anilines is 1. The van der Waals surface area contributed by atoms with Crippen LogP contribution in [-0.2, 0) is 4.79 Å². The zero-order chi connectivity index (χ0) is 19.8. The van der Waals surface area contributed by atoms with Gasteiger partial charge in [-0.05, 0) is 50.6 Å². The Morgan fingerprint density at radius 1 is 1.25 bits per heavy atom. The molecular formula is C21H25N5O2. The van der Waals surface area contributed by atoms with Gasteiger partial charge in [0.25, 0.3) is 0 Å². The average Bonchev–Trinajstić information content (AvgIpc) is 3.24. The van der Waals surface area contributed by atoms with Crippen molar-refractivity contribution in [2.45, 2.75) is 33.2 Å². The van der Waals surface area contributed by atoms with Crippen molar-refractivity contribution in [2.75, 3.05) is 25.1 Å². The van der Waals surface area contributed by atoms with Gasteiger partial charge in [-0.25, -0.2) is 9.50 Å². The largest absolute Gasteiger partial charge is 0.497 e. The van der Waals surface area contributed by atoms with Gasteiger partial charge >= 0.3 is 0 Å². The molecule has 0 bridgehead atoms. The Labute approximate surface area is 164 Å². The first-order chi connectivity index (χ1) is 13.5. The van der Waals surface area contributed by atoms with E-state index in [0.717, 1.165) is 59.2 Å². The second kappa shape index (κ2) is 7.14. The topological polar surface area (TPSA) is 71.8 Å². The summed E-state index contributed by atoms with van der Waals surface area (Å²) in [5, 5.41) is 7.76. The third kappa shape index (κ3) is 3.28. The molecule has 1 atom stereocenters. The van der Waals surface area contributed by atoms with Crippen LogP contribution in [0.5, 0.6) is 5.75 Å². The molecule has 146 valence electrons. The highest BCUT2D eigenvalue weighted by atomic mass is 16.5. The van der Waals surface area contributed by atoms with Crippen LogP contribution in [0, 0.1) is 13.8 Å². The number of fused-ring (bicyclic) bond motifs is 1. The number of nitrogens with zero attached hydrogens (tertiary/aromatic N) is 4. The standard InChI is InChI=1S/C21H25N5O2/c1-13-11-19(25-10-9-17(12-25)23-15(3)27)21-22-14(2)20(26(21)24-13)16-5-7-18(28-4)8-6-16/h5-8,11,17H,9-10,12H2,1-4H3,(H,23,27). The molecule has 1 N–H and O–H groups in total. The van der Waals surface area contributed by atoms with E-state index in [1.165, 1.54) is 0 Å². The summed E-state index contributed by atoms with van der Waals surface area (Å²) >= 11 is 0. The predicted molar refractivity (Wildman–Crippen MR) is 109 cm³/mol. The molecule has 0 spiro atoms. The number of carbonyl (C=O) groups excluding carboxylic acids is 1. The third-order valence-corrected chi connectivity index (χ3v) is 5.16. The number of hydrogen-bond acceptors (Lipinski definition) is 5. The highest BCUT2D eigenvalue weighted by Gasteiger charge is 2.26. The fraction of sp³-hybridized carbons (Fsp3) is 0.381. The molecule has 1 aliphatic heterocycles. The molecule has 0 saturated carbocycles. The van der Waals surface area contributed by atoms with Crippen LogP contribution in [0.25, 0.3) is 16.9 Å². The summed E-state index contributed by atoms with van der Waals surface area (Å²) in [7, 11) is 1.66. The van der Waals surface area contributed by atoms with E-state index < -0.39 is 0 Å². The monoisotopic (exact) mass is 379 g/mol. The summed E-state index contributed by atoms with van der Waals surface area (Å²) in [5.41, 5.74) is 5.80. The number of carbonyl (C=O) groups is 1. The summed E-state index contributed by atoms with van der Waals surface area (Å²) in [5.74, 6) is 0.836. The predicted octanol–water partition coefficient (Wildman–Crippen LogP) is 2.74. The second-order valence-electron chi connectivity index (χ2n) is 7.31. The molecule has 3 aromatic rings. The Kier molecular flexibility index (Phi) is 4.66. The zero-order valence-electron chi connectivity index (χ0n) is 16.7. The highest BCUT2D eigenvalue weighted by molar-refractivity contribution is 5.77. The Bertz CT molecular complexity index is 1030. The van der Waals surface area contributed by atoms with E-state index in [4.69, 9.17) is 14.8 Å². The Morgan fingerprint density at radius 3 is 2.68 bits per heavy atom. The highest BCUT2D eigenvalue weighted by Crippen LogP contribution is 2.31. The maximum Gasteiger partial charge on any atom is 0.217 e. The maximum absolute atomic E-state index is 11.4. The molecule has 1 aliphatic rings. The minimum atomic E-state index is 0.0151. The third-order valence-electron chi connectivity index (χ3n) is 5.16. The first-order valence-electron chi connectivity index (χ1n) is 9.49. The molecule has 1 aromatic carbocycles. The molecule has 7 heteroatoms. The van der Waals surface area contributed by atoms with Gasteiger partial charge in [-0.15, -0.1) is 0 Å². The molecule has 1 unspecified atom stereocenters. The fourth-order valence-electron chi connectivity index (χ4n) is 3.93. The van der Waals surface area contributed by atoms with E-state index in [9.17, 15) is 4.79 Å². The number of aryl methyl sites for hydroxylation is 2. The van der Waals surface area contributed by atoms with Crippen molar-refractivity contribution in [1.82, 2.24) is 19.9 Å². The molecule has 0 radical (unpaired) electrons. The van der Waals surface area contributed by atoms with E-state index >= 15 is 0 Å². The van der Waals surface area contributed by atoms with E-state index in [2.05, 4.69) is 16.3 Å². The molecule has 0 aliphatic carbocycles. The van der Waals surface area contributed by atoms with Gasteiger partial charge in [-0.3, -0.25) is 4.79 Å². The van der Waals surface area contributed by atoms with E-state index in [-0.39, 0.29) is 11.9 Å². The van der Waals surface area contributed by atoms with Crippen molar-refractivity contribution in [3.05, 3.63) is 41.7 Å². The van der Waals surface area contributed by atoms with Crippen LogP contribution in [0.4, 0.5) is 5.69 Å². The quantitative estimate of drug-likeness (QED) is 0.755. The molecule has 4 rings (SSSR count). The van der Waals surface area contributed by atoms with Crippen molar-refractivity contribution >= 4 is 17.2 Å². The second-order valence-corrected chi connectivity index (χ2v) is 7.31. The summed E-state index contributed by atoms with van der Waals surface area (Å²) in [4.78, 5) is 18.5. The van der Waals surface area contributed by atoms with E-state index in [1.807, 2.05) is 42.6 Å². The van der Waals surface area contributed by atoms with Crippen LogP contribution in [0.2, 0.25) is 0 Å². The molecule has 3 heterocycles. The zero-order valence-corrected chi connectivity index (χ0v) is 16.7. The van der Waals surface area contributed by atoms with Crippen LogP contribution in [0.3, 0.4) is 0 Å². The van der Waals surface area contributed by atoms with Gasteiger partial charge in [0.1, 0.15) is 5.75 Å². The van der Waals surface area contributed by atoms with Crippen LogP contribution in [0.15, 0.2) is 30.3 Å². The summed E-state index contributed by atoms with van der Waals surface area (Å²) in [6.07, 6.45) is 0.929. The van der Waals surface area contributed by atoms with Gasteiger partial charge in [-0.2, -0.15) is 5.10 Å². The van der Waals surface area contributed by atoms with E-state index in [0.29, 0.717) is 0 Å². The minimum Gasteiger partial charge on any atom is -0.497 e. The van der Waals surface area contributed by atoms with Crippen LogP contribution in [-0.4, -0.2) is 46.7 Å². The minimum absolute atomic E-state index is 0.0151. The Morgan fingerprint density at radius 2 is 2.00 bits per heavy atom. The number of imidazole rings is 1. The van der Waals surface area contributed by atoms with Crippen LogP contribution < -0.4 is 15.0 Å². The normalized spacial score (nSPS) is 16.6. The molecule has 1 saturated heterocycles. The summed E-state index contributed by atoms with van der Waals surface area (Å²) < 4.78 is 7.21. The number of amides is 1. The summed E-state index contributed by atoms with van der Waals surface area (Å²) in [6.45, 7) is 7.24. The van der Waals surface area contributed by atoms with Crippen molar-refractivity contribution in [1.29, 1.82) is 0 Å². The van der Waals surface area contributed by atoms with Crippen LogP contribution in [0.1, 0.15) is 24.7 Å². The number of methoxy groups -OCH3 is 1. The van der Waals surface area contributed by atoms with Gasteiger partial charge in [0.05, 0.1) is 29.9 Å². The number of aromatic nitrogens is 3. The number of hydrogen-bond donors (Lipinski definition) is 1. The lowest BCUT2D eigenvalue weighted by Crippen LogP contribution is -2.35. The van der Waals surface area contributed by atoms with E-state index in [1.54, 1.807) is 14.0 Å². The lowest BCUT2D eigenvalue weighted by atomic mass is 10.1. The van der Waals surface area contributed by atoms with Crippen molar-refractivity contribution in [3.8, 4) is 17.0 Å². The Balaban J connectivity index is 1.77. The molecule has 1 fully saturated rings. The molecule has 7 nitrogen and oxygen atoms in total. The number of nitrogens with one attached hydrogen (secondary N) is 1. The number of ether oxygens (including phenoxy) is 1. The summed E-state index contributed by atoms with van der Waals surface area (Å²) in [6, 6.07) is 10.2. The number of rotatable bonds is 4. The van der Waals surface area contributed by atoms with Gasteiger partial charge in [0.15, 0.2) is 5.65 Å². The smallest absolute Gasteiger partial charge is 0.217 e. The molecule has 28 heavy (non-hydrogen) atoms. The molecule has 2 aromatic heterocycles. The van der Waals surface area contributed by atoms with Gasteiger partial charge in [-0.1, -0.05) is 0 Å². The van der Waals surface area contributed by atoms with Crippen molar-refractivity contribution in [3.63, 3.8) is 0 Å². The van der Waals surface area contributed by atoms with Crippen molar-refractivity contribution < 1.29 is 9.53 Å². The van der Waals surface area contributed by atoms with Crippen molar-refractivity contribution in [2.24, 2.45) is 0 Å². The first-order valence-corrected chi connectivity index (χ1v) is 9.49. The van der Waals surface area contributed by atoms with Crippen LogP contribution >= 0.6 is 0 Å². The molecule has 1 amide bonds. The van der Waals surface area contributed by atoms with Gasteiger partial charge < -0.3 is 15.0 Å². The van der Waals surface area contributed by atoms with Gasteiger partial charge in [0.2, 0.25) is 5.91 Å². The number of benzene rings is 1. The Hall–Kier alpha value is -3.09. The SMILES string of the molecule is COc1ccc(-c2c(C)nc3c(N4CCC(NC(C)=O)C4)cc(C)nn23)cc1. The van der Waals surface area contributed by atoms with Gasteiger partial charge in [0, 0.05) is 31.6 Å². The lowest BCUT2D eigenvalue weighted by Gasteiger charge is -2.20. The lowest BCUT2D eigenvalue weighted by molar-refractivity contribution is -0.119. The fourth-order valence-corrected chi connectivity index (χ4v) is 3.93.